The molecule has 0 aliphatic rings. The molecule has 6 heteroatoms. The highest BCUT2D eigenvalue weighted by Gasteiger charge is 2.18. The molecule has 0 atom stereocenters. The van der Waals surface area contributed by atoms with Crippen LogP contribution in [0.5, 0.6) is 5.75 Å². The molecule has 0 fully saturated rings. The molecular formula is C15H15ClO4S. The molecule has 0 spiro atoms. The number of aliphatic hydroxyl groups excluding tert-OH is 1. The summed E-state index contributed by atoms with van der Waals surface area (Å²) in [6.07, 6.45) is 0. The van der Waals surface area contributed by atoms with Gasteiger partial charge in [0, 0.05) is 10.6 Å². The molecule has 21 heavy (non-hydrogen) atoms. The van der Waals surface area contributed by atoms with Crippen molar-refractivity contribution in [3.05, 3.63) is 58.6 Å². The Morgan fingerprint density at radius 3 is 2.38 bits per heavy atom. The number of methoxy groups -OCH3 is 1. The van der Waals surface area contributed by atoms with Crippen molar-refractivity contribution in [3.8, 4) is 5.75 Å². The van der Waals surface area contributed by atoms with Crippen LogP contribution in [0.15, 0.2) is 47.4 Å². The van der Waals surface area contributed by atoms with Crippen LogP contribution in [-0.4, -0.2) is 20.6 Å². The van der Waals surface area contributed by atoms with Gasteiger partial charge in [-0.1, -0.05) is 17.7 Å². The van der Waals surface area contributed by atoms with E-state index < -0.39 is 9.84 Å². The van der Waals surface area contributed by atoms with Gasteiger partial charge in [-0.15, -0.1) is 0 Å². The summed E-state index contributed by atoms with van der Waals surface area (Å²) < 4.78 is 30.0. The molecule has 0 bridgehead atoms. The highest BCUT2D eigenvalue weighted by atomic mass is 35.5. The molecule has 2 aromatic carbocycles. The summed E-state index contributed by atoms with van der Waals surface area (Å²) in [6, 6.07) is 11.0. The molecule has 2 rings (SSSR count). The third-order valence-corrected chi connectivity index (χ3v) is 4.98. The summed E-state index contributed by atoms with van der Waals surface area (Å²) in [4.78, 5) is 0.198. The van der Waals surface area contributed by atoms with Crippen molar-refractivity contribution in [1.82, 2.24) is 0 Å². The number of hydrogen-bond donors (Lipinski definition) is 1. The van der Waals surface area contributed by atoms with Crippen LogP contribution in [-0.2, 0) is 22.2 Å². The van der Waals surface area contributed by atoms with Gasteiger partial charge in [0.25, 0.3) is 0 Å². The van der Waals surface area contributed by atoms with E-state index in [1.165, 1.54) is 31.4 Å². The van der Waals surface area contributed by atoms with Crippen molar-refractivity contribution in [2.24, 2.45) is 0 Å². The molecule has 0 unspecified atom stereocenters. The maximum atomic E-state index is 12.4. The Bertz CT molecular complexity index is 724. The smallest absolute Gasteiger partial charge is 0.182 e. The first-order valence-electron chi connectivity index (χ1n) is 6.21. The number of aliphatic hydroxyl groups is 1. The zero-order valence-electron chi connectivity index (χ0n) is 11.4. The number of hydrogen-bond acceptors (Lipinski definition) is 4. The first kappa shape index (κ1) is 15.8. The van der Waals surface area contributed by atoms with Gasteiger partial charge >= 0.3 is 0 Å². The topological polar surface area (TPSA) is 63.6 Å². The molecule has 0 radical (unpaired) electrons. The van der Waals surface area contributed by atoms with Gasteiger partial charge in [-0.25, -0.2) is 8.42 Å². The fraction of sp³-hybridized carbons (Fsp3) is 0.200. The normalized spacial score (nSPS) is 11.4. The van der Waals surface area contributed by atoms with Crippen molar-refractivity contribution < 1.29 is 18.3 Å². The molecule has 0 saturated carbocycles. The lowest BCUT2D eigenvalue weighted by Crippen LogP contribution is -2.06. The van der Waals surface area contributed by atoms with E-state index in [0.717, 1.165) is 0 Å². The van der Waals surface area contributed by atoms with E-state index in [9.17, 15) is 8.42 Å². The summed E-state index contributed by atoms with van der Waals surface area (Å²) in [5.74, 6) is 0.274. The van der Waals surface area contributed by atoms with Crippen LogP contribution in [0.4, 0.5) is 0 Å². The van der Waals surface area contributed by atoms with E-state index in [4.69, 9.17) is 21.4 Å². The minimum Gasteiger partial charge on any atom is -0.496 e. The third-order valence-electron chi connectivity index (χ3n) is 3.05. The standard InChI is InChI=1S/C15H15ClO4S/c1-20-15-7-2-11(9-17)8-12(15)10-21(18,19)14-5-3-13(16)4-6-14/h2-8,17H,9-10H2,1H3. The van der Waals surface area contributed by atoms with E-state index in [2.05, 4.69) is 0 Å². The Labute approximate surface area is 128 Å². The van der Waals surface area contributed by atoms with Crippen LogP contribution in [0.1, 0.15) is 11.1 Å². The molecule has 112 valence electrons. The predicted molar refractivity (Wildman–Crippen MR) is 81.3 cm³/mol. The fourth-order valence-electron chi connectivity index (χ4n) is 1.97. The monoisotopic (exact) mass is 326 g/mol. The van der Waals surface area contributed by atoms with Crippen LogP contribution in [0.25, 0.3) is 0 Å². The number of sulfone groups is 1. The van der Waals surface area contributed by atoms with Gasteiger partial charge in [-0.2, -0.15) is 0 Å². The average molecular weight is 327 g/mol. The maximum Gasteiger partial charge on any atom is 0.182 e. The third kappa shape index (κ3) is 3.75. The lowest BCUT2D eigenvalue weighted by atomic mass is 10.1. The highest BCUT2D eigenvalue weighted by Crippen LogP contribution is 2.25. The predicted octanol–water partition coefficient (Wildman–Crippen LogP) is 2.81. The van der Waals surface area contributed by atoms with Crippen molar-refractivity contribution in [1.29, 1.82) is 0 Å². The van der Waals surface area contributed by atoms with Crippen molar-refractivity contribution in [3.63, 3.8) is 0 Å². The fourth-order valence-corrected chi connectivity index (χ4v) is 3.45. The first-order chi connectivity index (χ1) is 9.96. The molecule has 1 N–H and O–H groups in total. The molecule has 4 nitrogen and oxygen atoms in total. The summed E-state index contributed by atoms with van der Waals surface area (Å²) in [6.45, 7) is -0.155. The van der Waals surface area contributed by atoms with Gasteiger partial charge in [0.05, 0.1) is 24.4 Å². The maximum absolute atomic E-state index is 12.4. The van der Waals surface area contributed by atoms with Crippen LogP contribution < -0.4 is 4.74 Å². The largest absolute Gasteiger partial charge is 0.496 e. The lowest BCUT2D eigenvalue weighted by molar-refractivity contribution is 0.281. The number of halogens is 1. The van der Waals surface area contributed by atoms with Gasteiger partial charge in [0.1, 0.15) is 5.75 Å². The molecular weight excluding hydrogens is 312 g/mol. The van der Waals surface area contributed by atoms with Crippen molar-refractivity contribution >= 4 is 21.4 Å². The Kier molecular flexibility index (Phi) is 4.88. The zero-order chi connectivity index (χ0) is 15.5. The quantitative estimate of drug-likeness (QED) is 0.917. The van der Waals surface area contributed by atoms with E-state index in [1.54, 1.807) is 18.2 Å². The number of rotatable bonds is 5. The van der Waals surface area contributed by atoms with Gasteiger partial charge in [-0.3, -0.25) is 0 Å². The summed E-state index contributed by atoms with van der Waals surface area (Å²) in [7, 11) is -2.03. The van der Waals surface area contributed by atoms with E-state index in [-0.39, 0.29) is 17.3 Å². The second kappa shape index (κ2) is 6.47. The Hall–Kier alpha value is -1.56. The van der Waals surface area contributed by atoms with Gasteiger partial charge < -0.3 is 9.84 Å². The van der Waals surface area contributed by atoms with Crippen molar-refractivity contribution in [2.75, 3.05) is 7.11 Å². The van der Waals surface area contributed by atoms with Crippen LogP contribution in [0, 0.1) is 0 Å². The summed E-state index contributed by atoms with van der Waals surface area (Å²) in [5, 5.41) is 9.65. The molecule has 0 aliphatic heterocycles. The summed E-state index contributed by atoms with van der Waals surface area (Å²) >= 11 is 5.77. The number of benzene rings is 2. The molecule has 0 aliphatic carbocycles. The molecule has 2 aromatic rings. The average Bonchev–Trinajstić information content (AvgIpc) is 2.47. The summed E-state index contributed by atoms with van der Waals surface area (Å²) in [5.41, 5.74) is 1.15. The van der Waals surface area contributed by atoms with Crippen LogP contribution in [0.3, 0.4) is 0 Å². The van der Waals surface area contributed by atoms with Crippen LogP contribution in [0.2, 0.25) is 5.02 Å². The van der Waals surface area contributed by atoms with Crippen LogP contribution >= 0.6 is 11.6 Å². The first-order valence-corrected chi connectivity index (χ1v) is 8.24. The van der Waals surface area contributed by atoms with E-state index >= 15 is 0 Å². The zero-order valence-corrected chi connectivity index (χ0v) is 13.0. The molecule has 0 aromatic heterocycles. The van der Waals surface area contributed by atoms with E-state index in [0.29, 0.717) is 21.9 Å². The number of ether oxygens (including phenoxy) is 1. The lowest BCUT2D eigenvalue weighted by Gasteiger charge is -2.11. The molecule has 0 saturated heterocycles. The molecule has 0 heterocycles. The van der Waals surface area contributed by atoms with Gasteiger partial charge in [-0.05, 0) is 42.0 Å². The minimum atomic E-state index is -3.51. The van der Waals surface area contributed by atoms with E-state index in [1.807, 2.05) is 0 Å². The Morgan fingerprint density at radius 2 is 1.81 bits per heavy atom. The molecule has 0 amide bonds. The minimum absolute atomic E-state index is 0.155. The Balaban J connectivity index is 2.38. The van der Waals surface area contributed by atoms with Crippen molar-refractivity contribution in [2.45, 2.75) is 17.3 Å². The SMILES string of the molecule is COc1ccc(CO)cc1CS(=O)(=O)c1ccc(Cl)cc1. The Morgan fingerprint density at radius 1 is 1.14 bits per heavy atom. The second-order valence-electron chi connectivity index (χ2n) is 4.52. The second-order valence-corrected chi connectivity index (χ2v) is 6.94. The van der Waals surface area contributed by atoms with Gasteiger partial charge in [0.2, 0.25) is 0 Å². The highest BCUT2D eigenvalue weighted by molar-refractivity contribution is 7.90. The van der Waals surface area contributed by atoms with Gasteiger partial charge in [0.15, 0.2) is 9.84 Å².